The van der Waals surface area contributed by atoms with E-state index in [0.717, 1.165) is 44.2 Å². The molecule has 8 rings (SSSR count). The predicted octanol–water partition coefficient (Wildman–Crippen LogP) is 9.01. The van der Waals surface area contributed by atoms with E-state index in [-0.39, 0.29) is 0 Å². The lowest BCUT2D eigenvalue weighted by atomic mass is 10.0. The maximum atomic E-state index is 5.04. The molecule has 3 heterocycles. The third-order valence-corrected chi connectivity index (χ3v) is 7.73. The van der Waals surface area contributed by atoms with Crippen molar-refractivity contribution in [3.05, 3.63) is 152 Å². The van der Waals surface area contributed by atoms with Gasteiger partial charge in [-0.3, -0.25) is 0 Å². The SMILES string of the molecule is c1ccc(-c2ccc(-c3nc(-c4ccc(-c5ccccc5)cc4)nc(-c4cccn5nc6ccccc6c45)n3)cc2)cc1. The lowest BCUT2D eigenvalue weighted by Crippen LogP contribution is -2.01. The fourth-order valence-electron chi connectivity index (χ4n) is 5.55. The number of hydrogen-bond acceptors (Lipinski definition) is 4. The number of benzene rings is 5. The highest BCUT2D eigenvalue weighted by Gasteiger charge is 2.17. The molecule has 43 heavy (non-hydrogen) atoms. The van der Waals surface area contributed by atoms with E-state index in [4.69, 9.17) is 20.1 Å². The largest absolute Gasteiger partial charge is 0.239 e. The minimum absolute atomic E-state index is 0.607. The summed E-state index contributed by atoms with van der Waals surface area (Å²) in [6.07, 6.45) is 1.96. The number of nitrogens with zero attached hydrogens (tertiary/aromatic N) is 5. The first-order valence-electron chi connectivity index (χ1n) is 14.2. The van der Waals surface area contributed by atoms with Crippen molar-refractivity contribution in [1.29, 1.82) is 0 Å². The first-order valence-corrected chi connectivity index (χ1v) is 14.2. The molecule has 0 bridgehead atoms. The molecule has 0 amide bonds. The molecule has 0 radical (unpaired) electrons. The van der Waals surface area contributed by atoms with Crippen LogP contribution in [0.4, 0.5) is 0 Å². The van der Waals surface area contributed by atoms with Gasteiger partial charge in [-0.1, -0.05) is 127 Å². The summed E-state index contributed by atoms with van der Waals surface area (Å²) in [6, 6.07) is 49.7. The van der Waals surface area contributed by atoms with Gasteiger partial charge in [0.1, 0.15) is 0 Å². The molecule has 0 aliphatic rings. The van der Waals surface area contributed by atoms with Crippen LogP contribution in [0.25, 0.3) is 72.8 Å². The van der Waals surface area contributed by atoms with Crippen LogP contribution in [0.3, 0.4) is 0 Å². The lowest BCUT2D eigenvalue weighted by Gasteiger charge is -2.10. The highest BCUT2D eigenvalue weighted by molar-refractivity contribution is 6.01. The second kappa shape index (κ2) is 10.5. The molecule has 0 fully saturated rings. The molecule has 5 aromatic carbocycles. The summed E-state index contributed by atoms with van der Waals surface area (Å²) in [5.74, 6) is 1.85. The number of hydrogen-bond donors (Lipinski definition) is 0. The maximum Gasteiger partial charge on any atom is 0.166 e. The zero-order valence-corrected chi connectivity index (χ0v) is 23.2. The van der Waals surface area contributed by atoms with E-state index < -0.39 is 0 Å². The Kier molecular flexibility index (Phi) is 6.05. The lowest BCUT2D eigenvalue weighted by molar-refractivity contribution is 0.978. The van der Waals surface area contributed by atoms with Gasteiger partial charge in [0.2, 0.25) is 0 Å². The zero-order valence-electron chi connectivity index (χ0n) is 23.2. The molecule has 0 atom stereocenters. The molecule has 8 aromatic rings. The molecule has 0 aliphatic carbocycles. The first-order chi connectivity index (χ1) is 21.3. The van der Waals surface area contributed by atoms with Crippen LogP contribution in [-0.4, -0.2) is 24.6 Å². The molecular formula is C38H25N5. The summed E-state index contributed by atoms with van der Waals surface area (Å²) >= 11 is 0. The van der Waals surface area contributed by atoms with Crippen molar-refractivity contribution < 1.29 is 0 Å². The van der Waals surface area contributed by atoms with Crippen LogP contribution in [0.5, 0.6) is 0 Å². The van der Waals surface area contributed by atoms with Crippen LogP contribution in [0, 0.1) is 0 Å². The van der Waals surface area contributed by atoms with Gasteiger partial charge in [0.05, 0.1) is 11.0 Å². The van der Waals surface area contributed by atoms with E-state index in [0.29, 0.717) is 17.5 Å². The Morgan fingerprint density at radius 2 is 0.837 bits per heavy atom. The summed E-state index contributed by atoms with van der Waals surface area (Å²) in [7, 11) is 0. The Morgan fingerprint density at radius 1 is 0.372 bits per heavy atom. The average molecular weight is 552 g/mol. The van der Waals surface area contributed by atoms with Gasteiger partial charge in [0, 0.05) is 28.3 Å². The summed E-state index contributed by atoms with van der Waals surface area (Å²) < 4.78 is 1.91. The molecule has 0 aliphatic heterocycles. The molecule has 0 spiro atoms. The van der Waals surface area contributed by atoms with Gasteiger partial charge >= 0.3 is 0 Å². The number of rotatable bonds is 5. The second-order valence-electron chi connectivity index (χ2n) is 10.4. The van der Waals surface area contributed by atoms with Crippen molar-refractivity contribution in [1.82, 2.24) is 24.6 Å². The van der Waals surface area contributed by atoms with Crippen molar-refractivity contribution in [3.63, 3.8) is 0 Å². The van der Waals surface area contributed by atoms with Gasteiger partial charge < -0.3 is 0 Å². The topological polar surface area (TPSA) is 56.0 Å². The van der Waals surface area contributed by atoms with Crippen molar-refractivity contribution in [3.8, 4) is 56.4 Å². The van der Waals surface area contributed by atoms with E-state index in [2.05, 4.69) is 109 Å². The quantitative estimate of drug-likeness (QED) is 0.214. The molecule has 0 saturated carbocycles. The van der Waals surface area contributed by atoms with Crippen molar-refractivity contribution in [2.75, 3.05) is 0 Å². The van der Waals surface area contributed by atoms with E-state index in [1.165, 1.54) is 11.1 Å². The molecular weight excluding hydrogens is 526 g/mol. The van der Waals surface area contributed by atoms with Gasteiger partial charge in [-0.2, -0.15) is 5.10 Å². The summed E-state index contributed by atoms with van der Waals surface area (Å²) in [5.41, 5.74) is 9.29. The number of fused-ring (bicyclic) bond motifs is 3. The molecule has 0 N–H and O–H groups in total. The highest BCUT2D eigenvalue weighted by atomic mass is 15.2. The van der Waals surface area contributed by atoms with Gasteiger partial charge in [-0.05, 0) is 40.5 Å². The van der Waals surface area contributed by atoms with Gasteiger partial charge in [0.25, 0.3) is 0 Å². The standard InChI is InChI=1S/C38H25N5/c1-3-10-26(11-4-1)28-17-21-30(22-18-28)36-39-37(31-23-19-29(20-24-31)27-12-5-2-6-13-27)41-38(40-36)33-15-9-25-43-35(33)32-14-7-8-16-34(32)42-43/h1-25H. The second-order valence-corrected chi connectivity index (χ2v) is 10.4. The van der Waals surface area contributed by atoms with Crippen LogP contribution in [0.2, 0.25) is 0 Å². The van der Waals surface area contributed by atoms with Crippen LogP contribution < -0.4 is 0 Å². The predicted molar refractivity (Wildman–Crippen MR) is 173 cm³/mol. The molecule has 0 unspecified atom stereocenters. The molecule has 202 valence electrons. The van der Waals surface area contributed by atoms with E-state index in [1.54, 1.807) is 0 Å². The monoisotopic (exact) mass is 551 g/mol. The molecule has 5 heteroatoms. The molecule has 0 saturated heterocycles. The number of aromatic nitrogens is 5. The normalized spacial score (nSPS) is 11.3. The first kappa shape index (κ1) is 24.8. The van der Waals surface area contributed by atoms with Crippen LogP contribution in [-0.2, 0) is 0 Å². The van der Waals surface area contributed by atoms with Crippen molar-refractivity contribution in [2.24, 2.45) is 0 Å². The Labute approximate surface area is 248 Å². The smallest absolute Gasteiger partial charge is 0.166 e. The third kappa shape index (κ3) is 4.63. The zero-order chi connectivity index (χ0) is 28.6. The summed E-state index contributed by atoms with van der Waals surface area (Å²) in [5, 5.41) is 5.84. The molecule has 3 aromatic heterocycles. The van der Waals surface area contributed by atoms with Gasteiger partial charge in [-0.25, -0.2) is 19.5 Å². The molecule has 5 nitrogen and oxygen atoms in total. The summed E-state index contributed by atoms with van der Waals surface area (Å²) in [6.45, 7) is 0. The number of pyridine rings is 1. The average Bonchev–Trinajstić information content (AvgIpc) is 3.48. The van der Waals surface area contributed by atoms with E-state index in [1.807, 2.05) is 47.1 Å². The van der Waals surface area contributed by atoms with Crippen LogP contribution >= 0.6 is 0 Å². The van der Waals surface area contributed by atoms with E-state index in [9.17, 15) is 0 Å². The van der Waals surface area contributed by atoms with E-state index >= 15 is 0 Å². The van der Waals surface area contributed by atoms with Crippen molar-refractivity contribution >= 4 is 16.4 Å². The van der Waals surface area contributed by atoms with Crippen LogP contribution in [0.15, 0.2) is 152 Å². The Morgan fingerprint density at radius 3 is 1.42 bits per heavy atom. The Balaban J connectivity index is 1.29. The van der Waals surface area contributed by atoms with Crippen LogP contribution in [0.1, 0.15) is 0 Å². The highest BCUT2D eigenvalue weighted by Crippen LogP contribution is 2.32. The maximum absolute atomic E-state index is 5.04. The fraction of sp³-hybridized carbons (Fsp3) is 0. The Hall–Kier alpha value is -5.94. The van der Waals surface area contributed by atoms with Crippen molar-refractivity contribution in [2.45, 2.75) is 0 Å². The summed E-state index contributed by atoms with van der Waals surface area (Å²) in [4.78, 5) is 15.1. The van der Waals surface area contributed by atoms with Gasteiger partial charge in [-0.15, -0.1) is 0 Å². The van der Waals surface area contributed by atoms with Gasteiger partial charge in [0.15, 0.2) is 17.5 Å². The Bertz CT molecular complexity index is 2100. The minimum atomic E-state index is 0.607. The minimum Gasteiger partial charge on any atom is -0.239 e. The fourth-order valence-corrected chi connectivity index (χ4v) is 5.55. The third-order valence-electron chi connectivity index (χ3n) is 7.73.